The van der Waals surface area contributed by atoms with Crippen molar-refractivity contribution in [1.82, 2.24) is 0 Å². The van der Waals surface area contributed by atoms with Gasteiger partial charge in [0.15, 0.2) is 6.10 Å². The minimum atomic E-state index is -0.767. The maximum Gasteiger partial charge on any atom is 0.306 e. The molecule has 1 unspecified atom stereocenters. The second-order valence-corrected chi connectivity index (χ2v) is 19.9. The van der Waals surface area contributed by atoms with Crippen LogP contribution in [0, 0.1) is 0 Å². The van der Waals surface area contributed by atoms with Gasteiger partial charge >= 0.3 is 17.9 Å². The molecule has 0 aromatic carbocycles. The quantitative estimate of drug-likeness (QED) is 0.0261. The van der Waals surface area contributed by atoms with Gasteiger partial charge in [0, 0.05) is 19.3 Å². The Bertz CT molecular complexity index is 1310. The summed E-state index contributed by atoms with van der Waals surface area (Å²) in [6.07, 6.45) is 75.1. The fourth-order valence-electron chi connectivity index (χ4n) is 8.51. The van der Waals surface area contributed by atoms with Gasteiger partial charge in [-0.15, -0.1) is 0 Å². The van der Waals surface area contributed by atoms with Gasteiger partial charge in [0.2, 0.25) is 0 Å². The van der Waals surface area contributed by atoms with Crippen molar-refractivity contribution < 1.29 is 28.6 Å². The van der Waals surface area contributed by atoms with E-state index >= 15 is 0 Å². The van der Waals surface area contributed by atoms with Gasteiger partial charge in [0.25, 0.3) is 0 Å². The molecule has 404 valence electrons. The number of allylic oxidation sites excluding steroid dienone is 12. The lowest BCUT2D eigenvalue weighted by atomic mass is 10.0. The Hall–Kier alpha value is -3.15. The molecule has 0 spiro atoms. The van der Waals surface area contributed by atoms with E-state index in [0.29, 0.717) is 19.3 Å². The summed E-state index contributed by atoms with van der Waals surface area (Å²) in [5.41, 5.74) is 0. The van der Waals surface area contributed by atoms with Crippen LogP contribution in [0.25, 0.3) is 0 Å². The second kappa shape index (κ2) is 58.4. The molecular formula is C64H112O6. The van der Waals surface area contributed by atoms with Crippen molar-refractivity contribution in [1.29, 1.82) is 0 Å². The van der Waals surface area contributed by atoms with Gasteiger partial charge in [-0.2, -0.15) is 0 Å². The molecule has 0 saturated heterocycles. The number of hydrogen-bond donors (Lipinski definition) is 0. The van der Waals surface area contributed by atoms with Crippen molar-refractivity contribution >= 4 is 17.9 Å². The monoisotopic (exact) mass is 977 g/mol. The van der Waals surface area contributed by atoms with Crippen LogP contribution in [0.5, 0.6) is 0 Å². The van der Waals surface area contributed by atoms with Crippen molar-refractivity contribution in [2.75, 3.05) is 13.2 Å². The van der Waals surface area contributed by atoms with Crippen LogP contribution in [0.1, 0.15) is 297 Å². The molecular weight excluding hydrogens is 865 g/mol. The predicted molar refractivity (Wildman–Crippen MR) is 302 cm³/mol. The van der Waals surface area contributed by atoms with Gasteiger partial charge in [-0.3, -0.25) is 14.4 Å². The summed E-state index contributed by atoms with van der Waals surface area (Å²) in [5.74, 6) is -0.870. The molecule has 0 aromatic heterocycles. The fraction of sp³-hybridized carbons (Fsp3) is 0.766. The highest BCUT2D eigenvalue weighted by atomic mass is 16.6. The predicted octanol–water partition coefficient (Wildman–Crippen LogP) is 20.2. The standard InChI is InChI=1S/C64H112O6/c1-4-7-10-13-16-18-20-22-23-24-25-26-27-28-29-30-31-32-33-34-35-36-37-38-39-40-41-43-44-46-48-51-54-57-63(66)69-60-61(59-68-62(65)56-53-50-15-12-9-6-3)70-64(67)58-55-52-49-47-45-42-21-19-17-14-11-8-5-2/h7,10,16,18,22-23,25-26,28-29,31-32,61H,4-6,8-9,11-15,17,19-21,24,27,30,33-60H2,1-3H3/b10-7-,18-16-,23-22-,26-25-,29-28-,32-31-. The molecule has 0 N–H and O–H groups in total. The lowest BCUT2D eigenvalue weighted by molar-refractivity contribution is -0.167. The highest BCUT2D eigenvalue weighted by Crippen LogP contribution is 2.16. The van der Waals surface area contributed by atoms with Crippen LogP contribution in [-0.4, -0.2) is 37.2 Å². The van der Waals surface area contributed by atoms with E-state index in [2.05, 4.69) is 93.7 Å². The highest BCUT2D eigenvalue weighted by molar-refractivity contribution is 5.71. The number of ether oxygens (including phenoxy) is 3. The van der Waals surface area contributed by atoms with Crippen molar-refractivity contribution in [3.05, 3.63) is 72.9 Å². The first-order valence-electron chi connectivity index (χ1n) is 29.9. The molecule has 0 aliphatic carbocycles. The molecule has 1 atom stereocenters. The summed E-state index contributed by atoms with van der Waals surface area (Å²) < 4.78 is 16.7. The molecule has 0 amide bonds. The minimum Gasteiger partial charge on any atom is -0.462 e. The zero-order chi connectivity index (χ0) is 50.7. The Morgan fingerprint density at radius 3 is 0.871 bits per heavy atom. The van der Waals surface area contributed by atoms with Gasteiger partial charge in [-0.25, -0.2) is 0 Å². The van der Waals surface area contributed by atoms with Gasteiger partial charge in [0.05, 0.1) is 0 Å². The smallest absolute Gasteiger partial charge is 0.306 e. The summed E-state index contributed by atoms with van der Waals surface area (Å²) in [7, 11) is 0. The van der Waals surface area contributed by atoms with E-state index in [-0.39, 0.29) is 31.1 Å². The first-order valence-corrected chi connectivity index (χ1v) is 29.9. The van der Waals surface area contributed by atoms with Crippen LogP contribution < -0.4 is 0 Å². The number of carbonyl (C=O) groups excluding carboxylic acids is 3. The van der Waals surface area contributed by atoms with E-state index in [4.69, 9.17) is 14.2 Å². The Kier molecular flexibility index (Phi) is 55.8. The topological polar surface area (TPSA) is 78.9 Å². The van der Waals surface area contributed by atoms with Crippen molar-refractivity contribution in [2.24, 2.45) is 0 Å². The number of rotatable bonds is 54. The number of carbonyl (C=O) groups is 3. The highest BCUT2D eigenvalue weighted by Gasteiger charge is 2.19. The van der Waals surface area contributed by atoms with Crippen LogP contribution in [0.15, 0.2) is 72.9 Å². The van der Waals surface area contributed by atoms with Crippen LogP contribution in [0.3, 0.4) is 0 Å². The summed E-state index contributed by atoms with van der Waals surface area (Å²) in [4.78, 5) is 37.8. The van der Waals surface area contributed by atoms with E-state index in [9.17, 15) is 14.4 Å². The maximum atomic E-state index is 12.8. The van der Waals surface area contributed by atoms with Crippen LogP contribution in [0.4, 0.5) is 0 Å². The molecule has 0 saturated carbocycles. The molecule has 0 radical (unpaired) electrons. The van der Waals surface area contributed by atoms with E-state index in [1.807, 2.05) is 0 Å². The summed E-state index contributed by atoms with van der Waals surface area (Å²) in [6, 6.07) is 0. The third kappa shape index (κ3) is 55.8. The normalized spacial score (nSPS) is 12.6. The molecule has 70 heavy (non-hydrogen) atoms. The van der Waals surface area contributed by atoms with Gasteiger partial charge in [0.1, 0.15) is 13.2 Å². The Labute approximate surface area is 433 Å². The van der Waals surface area contributed by atoms with Gasteiger partial charge < -0.3 is 14.2 Å². The molecule has 0 heterocycles. The van der Waals surface area contributed by atoms with E-state index in [1.54, 1.807) is 0 Å². The van der Waals surface area contributed by atoms with E-state index in [0.717, 1.165) is 96.3 Å². The first kappa shape index (κ1) is 66.9. The summed E-state index contributed by atoms with van der Waals surface area (Å²) in [5, 5.41) is 0. The third-order valence-electron chi connectivity index (χ3n) is 13.0. The second-order valence-electron chi connectivity index (χ2n) is 19.9. The lowest BCUT2D eigenvalue weighted by Crippen LogP contribution is -2.30. The summed E-state index contributed by atoms with van der Waals surface area (Å²) in [6.45, 7) is 6.48. The molecule has 0 rings (SSSR count). The molecule has 0 bridgehead atoms. The molecule has 0 aromatic rings. The molecule has 6 heteroatoms. The summed E-state index contributed by atoms with van der Waals surface area (Å²) >= 11 is 0. The fourth-order valence-corrected chi connectivity index (χ4v) is 8.51. The first-order chi connectivity index (χ1) is 34.5. The average molecular weight is 978 g/mol. The van der Waals surface area contributed by atoms with Crippen molar-refractivity contribution in [2.45, 2.75) is 303 Å². The largest absolute Gasteiger partial charge is 0.462 e. The Balaban J connectivity index is 3.98. The van der Waals surface area contributed by atoms with Crippen LogP contribution in [-0.2, 0) is 28.6 Å². The number of hydrogen-bond acceptors (Lipinski definition) is 6. The van der Waals surface area contributed by atoms with Crippen molar-refractivity contribution in [3.63, 3.8) is 0 Å². The molecule has 0 fully saturated rings. The zero-order valence-corrected chi connectivity index (χ0v) is 46.3. The zero-order valence-electron chi connectivity index (χ0n) is 46.3. The molecule has 0 aliphatic rings. The lowest BCUT2D eigenvalue weighted by Gasteiger charge is -2.18. The van der Waals surface area contributed by atoms with Gasteiger partial charge in [-0.1, -0.05) is 280 Å². The Morgan fingerprint density at radius 2 is 0.557 bits per heavy atom. The average Bonchev–Trinajstić information content (AvgIpc) is 3.36. The number of esters is 3. The maximum absolute atomic E-state index is 12.8. The van der Waals surface area contributed by atoms with Crippen LogP contribution in [0.2, 0.25) is 0 Å². The van der Waals surface area contributed by atoms with Crippen molar-refractivity contribution in [3.8, 4) is 0 Å². The molecule has 0 aliphatic heterocycles. The third-order valence-corrected chi connectivity index (χ3v) is 13.0. The molecule has 6 nitrogen and oxygen atoms in total. The number of unbranched alkanes of at least 4 members (excludes halogenated alkanes) is 31. The Morgan fingerprint density at radius 1 is 0.300 bits per heavy atom. The van der Waals surface area contributed by atoms with Crippen LogP contribution >= 0.6 is 0 Å². The minimum absolute atomic E-state index is 0.0708. The van der Waals surface area contributed by atoms with E-state index in [1.165, 1.54) is 161 Å². The SMILES string of the molecule is CC/C=C\C/C=C\C/C=C\C/C=C\C/C=C\C/C=C\CCCCCCCCCCCCCCCCC(=O)OCC(COC(=O)CCCCCCCC)OC(=O)CCCCCCCCCCCCCCC. The van der Waals surface area contributed by atoms with Gasteiger partial charge in [-0.05, 0) is 70.6 Å². The van der Waals surface area contributed by atoms with E-state index < -0.39 is 6.10 Å².